The topological polar surface area (TPSA) is 49.8 Å². The number of nitrogens with zero attached hydrogens (tertiary/aromatic N) is 1. The Morgan fingerprint density at radius 1 is 1.19 bits per heavy atom. The maximum Gasteiger partial charge on any atom is 0.254 e. The highest BCUT2D eigenvalue weighted by molar-refractivity contribution is 6.31. The number of benzene rings is 2. The standard InChI is InChI=1S/C21H24ClNO3/c1-13-10-15(3)17(11-14(13)2)21(25)23-8-9-26-19(12-24)20(23)16-6-4-5-7-18(16)22/h4-7,10-11,19-20,24H,8-9,12H2,1-3H3/t19-,20-/m0/s1. The van der Waals surface area contributed by atoms with Crippen LogP contribution in [0.1, 0.15) is 38.7 Å². The number of hydrogen-bond donors (Lipinski definition) is 1. The first-order valence-electron chi connectivity index (χ1n) is 8.79. The molecule has 1 amide bonds. The summed E-state index contributed by atoms with van der Waals surface area (Å²) in [7, 11) is 0. The maximum atomic E-state index is 13.4. The number of halogens is 1. The molecular formula is C21H24ClNO3. The van der Waals surface area contributed by atoms with Crippen LogP contribution in [-0.2, 0) is 4.74 Å². The van der Waals surface area contributed by atoms with E-state index in [4.69, 9.17) is 16.3 Å². The Kier molecular flexibility index (Phi) is 5.66. The van der Waals surface area contributed by atoms with E-state index >= 15 is 0 Å². The third kappa shape index (κ3) is 3.50. The van der Waals surface area contributed by atoms with E-state index in [1.807, 2.05) is 51.1 Å². The van der Waals surface area contributed by atoms with Crippen LogP contribution in [0.4, 0.5) is 0 Å². The normalized spacial score (nSPS) is 20.3. The van der Waals surface area contributed by atoms with Gasteiger partial charge in [-0.25, -0.2) is 0 Å². The Morgan fingerprint density at radius 2 is 1.88 bits per heavy atom. The number of ether oxygens (including phenoxy) is 1. The van der Waals surface area contributed by atoms with Crippen LogP contribution in [0.2, 0.25) is 5.02 Å². The van der Waals surface area contributed by atoms with Gasteiger partial charge in [-0.3, -0.25) is 4.79 Å². The number of hydrogen-bond acceptors (Lipinski definition) is 3. The lowest BCUT2D eigenvalue weighted by Crippen LogP contribution is -2.49. The molecule has 5 heteroatoms. The van der Waals surface area contributed by atoms with Crippen LogP contribution < -0.4 is 0 Å². The van der Waals surface area contributed by atoms with Crippen molar-refractivity contribution in [3.63, 3.8) is 0 Å². The van der Waals surface area contributed by atoms with Gasteiger partial charge in [-0.1, -0.05) is 35.9 Å². The number of rotatable bonds is 3. The summed E-state index contributed by atoms with van der Waals surface area (Å²) in [5, 5.41) is 10.4. The van der Waals surface area contributed by atoms with E-state index < -0.39 is 12.1 Å². The van der Waals surface area contributed by atoms with E-state index in [0.717, 1.165) is 22.3 Å². The molecule has 1 N–H and O–H groups in total. The molecule has 0 aliphatic carbocycles. The second kappa shape index (κ2) is 7.78. The second-order valence-electron chi connectivity index (χ2n) is 6.81. The number of aliphatic hydroxyl groups is 1. The van der Waals surface area contributed by atoms with Crippen molar-refractivity contribution in [3.8, 4) is 0 Å². The molecule has 3 rings (SSSR count). The highest BCUT2D eigenvalue weighted by Gasteiger charge is 2.37. The Morgan fingerprint density at radius 3 is 2.58 bits per heavy atom. The van der Waals surface area contributed by atoms with Gasteiger partial charge in [0.1, 0.15) is 6.10 Å². The molecule has 138 valence electrons. The summed E-state index contributed by atoms with van der Waals surface area (Å²) in [6, 6.07) is 11.0. The molecule has 2 aromatic rings. The third-order valence-corrected chi connectivity index (χ3v) is 5.43. The SMILES string of the molecule is Cc1cc(C)c(C(=O)N2CCO[C@@H](CO)[C@@H]2c2ccccc2Cl)cc1C. The van der Waals surface area contributed by atoms with Crippen molar-refractivity contribution in [2.45, 2.75) is 32.9 Å². The minimum absolute atomic E-state index is 0.0581. The lowest BCUT2D eigenvalue weighted by molar-refractivity contribution is -0.0811. The monoisotopic (exact) mass is 373 g/mol. The van der Waals surface area contributed by atoms with Gasteiger partial charge in [0.05, 0.1) is 19.3 Å². The zero-order valence-electron chi connectivity index (χ0n) is 15.3. The molecule has 2 atom stereocenters. The van der Waals surface area contributed by atoms with Gasteiger partial charge in [-0.15, -0.1) is 0 Å². The number of carbonyl (C=O) groups excluding carboxylic acids is 1. The van der Waals surface area contributed by atoms with E-state index in [9.17, 15) is 9.90 Å². The van der Waals surface area contributed by atoms with Crippen LogP contribution in [0.3, 0.4) is 0 Å². The second-order valence-corrected chi connectivity index (χ2v) is 7.22. The predicted molar refractivity (Wildman–Crippen MR) is 103 cm³/mol. The molecule has 4 nitrogen and oxygen atoms in total. The zero-order valence-corrected chi connectivity index (χ0v) is 16.1. The lowest BCUT2D eigenvalue weighted by Gasteiger charge is -2.41. The molecule has 26 heavy (non-hydrogen) atoms. The predicted octanol–water partition coefficient (Wildman–Crippen LogP) is 3.84. The number of morpholine rings is 1. The highest BCUT2D eigenvalue weighted by Crippen LogP contribution is 2.35. The van der Waals surface area contributed by atoms with Gasteiger partial charge in [0.25, 0.3) is 5.91 Å². The Hall–Kier alpha value is -1.88. The van der Waals surface area contributed by atoms with Gasteiger partial charge < -0.3 is 14.7 Å². The fourth-order valence-electron chi connectivity index (χ4n) is 3.54. The maximum absolute atomic E-state index is 13.4. The quantitative estimate of drug-likeness (QED) is 0.889. The lowest BCUT2D eigenvalue weighted by atomic mass is 9.95. The molecule has 0 spiro atoms. The summed E-state index contributed by atoms with van der Waals surface area (Å²) in [5.74, 6) is -0.0581. The van der Waals surface area contributed by atoms with E-state index in [2.05, 4.69) is 0 Å². The van der Waals surface area contributed by atoms with Crippen molar-refractivity contribution in [1.29, 1.82) is 0 Å². The van der Waals surface area contributed by atoms with Crippen LogP contribution in [0, 0.1) is 20.8 Å². The largest absolute Gasteiger partial charge is 0.394 e. The van der Waals surface area contributed by atoms with E-state index in [-0.39, 0.29) is 12.5 Å². The summed E-state index contributed by atoms with van der Waals surface area (Å²) in [5.41, 5.74) is 4.67. The molecule has 1 aliphatic rings. The summed E-state index contributed by atoms with van der Waals surface area (Å²) in [6.45, 7) is 6.67. The molecule has 0 bridgehead atoms. The van der Waals surface area contributed by atoms with Crippen LogP contribution in [0.25, 0.3) is 0 Å². The van der Waals surface area contributed by atoms with Crippen LogP contribution >= 0.6 is 11.6 Å². The fourth-order valence-corrected chi connectivity index (χ4v) is 3.79. The van der Waals surface area contributed by atoms with Gasteiger partial charge in [0, 0.05) is 17.1 Å². The molecule has 1 fully saturated rings. The minimum atomic E-state index is -0.501. The molecule has 1 aliphatic heterocycles. The molecule has 0 aromatic heterocycles. The molecule has 1 heterocycles. The first-order chi connectivity index (χ1) is 12.4. The van der Waals surface area contributed by atoms with E-state index in [1.165, 1.54) is 0 Å². The Bertz CT molecular complexity index is 821. The molecule has 1 saturated heterocycles. The molecule has 0 saturated carbocycles. The average Bonchev–Trinajstić information content (AvgIpc) is 2.64. The van der Waals surface area contributed by atoms with E-state index in [0.29, 0.717) is 23.7 Å². The van der Waals surface area contributed by atoms with Crippen molar-refractivity contribution in [3.05, 3.63) is 69.2 Å². The summed E-state index contributed by atoms with van der Waals surface area (Å²) in [4.78, 5) is 15.2. The molecule has 0 radical (unpaired) electrons. The Balaban J connectivity index is 2.05. The van der Waals surface area contributed by atoms with Gasteiger partial charge in [0.2, 0.25) is 0 Å². The highest BCUT2D eigenvalue weighted by atomic mass is 35.5. The fraction of sp³-hybridized carbons (Fsp3) is 0.381. The minimum Gasteiger partial charge on any atom is -0.394 e. The number of aliphatic hydroxyl groups excluding tert-OH is 1. The van der Waals surface area contributed by atoms with Gasteiger partial charge in [-0.2, -0.15) is 0 Å². The van der Waals surface area contributed by atoms with Gasteiger partial charge in [0.15, 0.2) is 0 Å². The molecule has 2 aromatic carbocycles. The molecule has 0 unspecified atom stereocenters. The van der Waals surface area contributed by atoms with E-state index in [1.54, 1.807) is 11.0 Å². The van der Waals surface area contributed by atoms with Crippen molar-refractivity contribution >= 4 is 17.5 Å². The zero-order chi connectivity index (χ0) is 18.8. The van der Waals surface area contributed by atoms with Gasteiger partial charge in [-0.05, 0) is 55.2 Å². The summed E-state index contributed by atoms with van der Waals surface area (Å²) in [6.07, 6.45) is -0.501. The number of amides is 1. The van der Waals surface area contributed by atoms with Crippen LogP contribution in [0.5, 0.6) is 0 Å². The summed E-state index contributed by atoms with van der Waals surface area (Å²) >= 11 is 6.40. The van der Waals surface area contributed by atoms with Crippen LogP contribution in [0.15, 0.2) is 36.4 Å². The van der Waals surface area contributed by atoms with Crippen molar-refractivity contribution in [1.82, 2.24) is 4.90 Å². The first-order valence-corrected chi connectivity index (χ1v) is 9.17. The van der Waals surface area contributed by atoms with Crippen molar-refractivity contribution in [2.24, 2.45) is 0 Å². The summed E-state index contributed by atoms with van der Waals surface area (Å²) < 4.78 is 5.74. The average molecular weight is 374 g/mol. The van der Waals surface area contributed by atoms with Crippen molar-refractivity contribution < 1.29 is 14.6 Å². The van der Waals surface area contributed by atoms with Crippen molar-refractivity contribution in [2.75, 3.05) is 19.8 Å². The first kappa shape index (κ1) is 18.9. The van der Waals surface area contributed by atoms with Crippen LogP contribution in [-0.4, -0.2) is 41.8 Å². The number of aryl methyl sites for hydroxylation is 3. The number of carbonyl (C=O) groups is 1. The Labute approximate surface area is 159 Å². The third-order valence-electron chi connectivity index (χ3n) is 5.09. The van der Waals surface area contributed by atoms with Gasteiger partial charge >= 0.3 is 0 Å². The molecular weight excluding hydrogens is 350 g/mol. The smallest absolute Gasteiger partial charge is 0.254 e.